The highest BCUT2D eigenvalue weighted by Gasteiger charge is 2.40. The van der Waals surface area contributed by atoms with Crippen molar-refractivity contribution in [3.8, 4) is 28.3 Å². The SMILES string of the molecule is COc1cc(C(=O)N2CCC(F)(F)C2)cc(F)c1-c1nccc(Nc2cc(N3CCC[C@H](O)C3)c(-c3cnn(C(F)F)c3)cn2)n1. The largest absolute Gasteiger partial charge is 0.496 e. The molecule has 11 nitrogen and oxygen atoms in total. The van der Waals surface area contributed by atoms with Gasteiger partial charge >= 0.3 is 6.55 Å². The number of aromatic nitrogens is 5. The standard InChI is InChI=1S/C30H29F5N8O3/c1-46-23-10-17(28(45)42-8-5-30(34,35)16-42)9-21(31)26(23)27-36-6-4-24(40-27)39-25-11-22(41-7-2-3-19(44)15-41)20(13-37-25)18-12-38-43(14-18)29(32)33/h4,6,9-14,19,29,44H,2-3,5,7-8,15-16H2,1H3,(H,36,37,39,40)/t19-/m0/s1. The molecule has 6 rings (SSSR count). The number of hydrogen-bond acceptors (Lipinski definition) is 9. The molecule has 0 radical (unpaired) electrons. The monoisotopic (exact) mass is 644 g/mol. The van der Waals surface area contributed by atoms with Crippen LogP contribution in [-0.2, 0) is 0 Å². The molecule has 3 aromatic heterocycles. The van der Waals surface area contributed by atoms with Gasteiger partial charge in [0.2, 0.25) is 0 Å². The second-order valence-electron chi connectivity index (χ2n) is 11.1. The van der Waals surface area contributed by atoms with Crippen molar-refractivity contribution in [2.45, 2.75) is 37.8 Å². The third kappa shape index (κ3) is 6.42. The predicted octanol–water partition coefficient (Wildman–Crippen LogP) is 5.13. The number of piperidine rings is 1. The van der Waals surface area contributed by atoms with E-state index in [9.17, 15) is 27.5 Å². The molecule has 2 aliphatic rings. The summed E-state index contributed by atoms with van der Waals surface area (Å²) in [6.07, 6.45) is 5.74. The van der Waals surface area contributed by atoms with Gasteiger partial charge in [0.15, 0.2) is 5.82 Å². The highest BCUT2D eigenvalue weighted by Crippen LogP contribution is 2.37. The maximum Gasteiger partial charge on any atom is 0.333 e. The lowest BCUT2D eigenvalue weighted by atomic mass is 10.0. The Morgan fingerprint density at radius 1 is 1.15 bits per heavy atom. The van der Waals surface area contributed by atoms with Crippen LogP contribution in [0.4, 0.5) is 39.3 Å². The second-order valence-corrected chi connectivity index (χ2v) is 11.1. The Hall–Kier alpha value is -4.86. The molecule has 2 fully saturated rings. The smallest absolute Gasteiger partial charge is 0.333 e. The number of aliphatic hydroxyl groups excluding tert-OH is 1. The summed E-state index contributed by atoms with van der Waals surface area (Å²) in [5.41, 5.74) is 1.29. The molecule has 0 bridgehead atoms. The molecule has 1 atom stereocenters. The Morgan fingerprint density at radius 3 is 2.67 bits per heavy atom. The van der Waals surface area contributed by atoms with Crippen molar-refractivity contribution < 1.29 is 36.6 Å². The van der Waals surface area contributed by atoms with Crippen molar-refractivity contribution in [3.63, 3.8) is 0 Å². The van der Waals surface area contributed by atoms with E-state index < -0.39 is 43.3 Å². The fraction of sp³-hybridized carbons (Fsp3) is 0.367. The van der Waals surface area contributed by atoms with Gasteiger partial charge in [-0.25, -0.2) is 32.8 Å². The molecule has 2 aliphatic heterocycles. The molecular weight excluding hydrogens is 615 g/mol. The van der Waals surface area contributed by atoms with Crippen LogP contribution in [0.2, 0.25) is 0 Å². The Kier molecular flexibility index (Phi) is 8.46. The molecule has 242 valence electrons. The Balaban J connectivity index is 1.29. The van der Waals surface area contributed by atoms with E-state index in [0.717, 1.165) is 17.4 Å². The van der Waals surface area contributed by atoms with Crippen LogP contribution in [-0.4, -0.2) is 86.0 Å². The van der Waals surface area contributed by atoms with Gasteiger partial charge in [-0.05, 0) is 31.0 Å². The maximum atomic E-state index is 15.5. The van der Waals surface area contributed by atoms with Crippen LogP contribution >= 0.6 is 0 Å². The molecule has 1 amide bonds. The van der Waals surface area contributed by atoms with Gasteiger partial charge in [0.05, 0.1) is 37.2 Å². The zero-order chi connectivity index (χ0) is 32.6. The average molecular weight is 645 g/mol. The number of ether oxygens (including phenoxy) is 1. The predicted molar refractivity (Wildman–Crippen MR) is 157 cm³/mol. The lowest BCUT2D eigenvalue weighted by Crippen LogP contribution is -2.38. The van der Waals surface area contributed by atoms with Crippen LogP contribution in [0.15, 0.2) is 49.1 Å². The number of methoxy groups -OCH3 is 1. The van der Waals surface area contributed by atoms with E-state index in [-0.39, 0.29) is 35.1 Å². The van der Waals surface area contributed by atoms with Gasteiger partial charge in [-0.3, -0.25) is 4.79 Å². The van der Waals surface area contributed by atoms with Gasteiger partial charge < -0.3 is 25.0 Å². The number of rotatable bonds is 8. The number of β-amino-alcohol motifs (C(OH)–C–C–N with tert-alkyl or cyclic N) is 1. The lowest BCUT2D eigenvalue weighted by Gasteiger charge is -2.33. The Morgan fingerprint density at radius 2 is 1.98 bits per heavy atom. The van der Waals surface area contributed by atoms with Crippen molar-refractivity contribution in [1.29, 1.82) is 0 Å². The summed E-state index contributed by atoms with van der Waals surface area (Å²) in [6.45, 7) is -2.76. The number of carbonyl (C=O) groups is 1. The number of aliphatic hydroxyl groups is 1. The van der Waals surface area contributed by atoms with Crippen LogP contribution in [0, 0.1) is 5.82 Å². The number of pyridine rings is 1. The van der Waals surface area contributed by atoms with Crippen LogP contribution in [0.1, 0.15) is 36.2 Å². The molecule has 5 heterocycles. The second kappa shape index (κ2) is 12.5. The van der Waals surface area contributed by atoms with E-state index in [1.54, 1.807) is 6.07 Å². The minimum absolute atomic E-state index is 0.0655. The van der Waals surface area contributed by atoms with Gasteiger partial charge in [0.1, 0.15) is 23.2 Å². The van der Waals surface area contributed by atoms with Crippen molar-refractivity contribution in [2.24, 2.45) is 0 Å². The van der Waals surface area contributed by atoms with Gasteiger partial charge in [-0.1, -0.05) is 0 Å². The number of alkyl halides is 4. The van der Waals surface area contributed by atoms with Crippen LogP contribution in [0.25, 0.3) is 22.5 Å². The van der Waals surface area contributed by atoms with Crippen molar-refractivity contribution in [3.05, 3.63) is 60.4 Å². The van der Waals surface area contributed by atoms with Crippen molar-refractivity contribution in [2.75, 3.05) is 43.5 Å². The van der Waals surface area contributed by atoms with Crippen molar-refractivity contribution in [1.82, 2.24) is 29.6 Å². The summed E-state index contributed by atoms with van der Waals surface area (Å²) < 4.78 is 75.2. The summed E-state index contributed by atoms with van der Waals surface area (Å²) >= 11 is 0. The summed E-state index contributed by atoms with van der Waals surface area (Å²) in [7, 11) is 1.27. The van der Waals surface area contributed by atoms with Crippen molar-refractivity contribution >= 4 is 23.2 Å². The van der Waals surface area contributed by atoms with Gasteiger partial charge in [-0.2, -0.15) is 13.9 Å². The highest BCUT2D eigenvalue weighted by atomic mass is 19.3. The zero-order valence-corrected chi connectivity index (χ0v) is 24.5. The number of carbonyl (C=O) groups excluding carboxylic acids is 1. The summed E-state index contributed by atoms with van der Waals surface area (Å²) in [5.74, 6) is -4.23. The average Bonchev–Trinajstić information content (AvgIpc) is 3.67. The number of anilines is 3. The summed E-state index contributed by atoms with van der Waals surface area (Å²) in [5, 5.41) is 17.1. The molecule has 46 heavy (non-hydrogen) atoms. The first kappa shape index (κ1) is 31.1. The molecule has 0 spiro atoms. The number of halogens is 5. The van der Waals surface area contributed by atoms with E-state index in [4.69, 9.17) is 4.74 Å². The molecule has 0 saturated carbocycles. The Bertz CT molecular complexity index is 1750. The molecule has 0 unspecified atom stereocenters. The number of amides is 1. The summed E-state index contributed by atoms with van der Waals surface area (Å²) in [6, 6.07) is 5.41. The molecule has 1 aromatic carbocycles. The Labute approximate surface area is 259 Å². The molecule has 4 aromatic rings. The molecule has 2 N–H and O–H groups in total. The van der Waals surface area contributed by atoms with E-state index in [1.165, 1.54) is 44.0 Å². The molecular formula is C30H29F5N8O3. The maximum absolute atomic E-state index is 15.5. The fourth-order valence-electron chi connectivity index (χ4n) is 5.61. The third-order valence-electron chi connectivity index (χ3n) is 7.84. The van der Waals surface area contributed by atoms with E-state index >= 15 is 4.39 Å². The third-order valence-corrected chi connectivity index (χ3v) is 7.84. The number of nitrogens with one attached hydrogen (secondary N) is 1. The topological polar surface area (TPSA) is 122 Å². The fourth-order valence-corrected chi connectivity index (χ4v) is 5.61. The lowest BCUT2D eigenvalue weighted by molar-refractivity contribution is 0.0120. The first-order chi connectivity index (χ1) is 22.0. The molecule has 2 saturated heterocycles. The normalized spacial score (nSPS) is 17.9. The zero-order valence-electron chi connectivity index (χ0n) is 24.5. The first-order valence-corrected chi connectivity index (χ1v) is 14.4. The van der Waals surface area contributed by atoms with Crippen LogP contribution < -0.4 is 15.0 Å². The molecule has 16 heteroatoms. The quantitative estimate of drug-likeness (QED) is 0.252. The minimum atomic E-state index is -3.00. The van der Waals surface area contributed by atoms with Gasteiger partial charge in [0, 0.05) is 67.4 Å². The number of nitrogens with zero attached hydrogens (tertiary/aromatic N) is 7. The van der Waals surface area contributed by atoms with E-state index in [0.29, 0.717) is 46.8 Å². The number of benzene rings is 1. The highest BCUT2D eigenvalue weighted by molar-refractivity contribution is 5.96. The summed E-state index contributed by atoms with van der Waals surface area (Å²) in [4.78, 5) is 28.8. The molecule has 0 aliphatic carbocycles. The first-order valence-electron chi connectivity index (χ1n) is 14.4. The van der Waals surface area contributed by atoms with Crippen LogP contribution in [0.3, 0.4) is 0 Å². The van der Waals surface area contributed by atoms with E-state index in [2.05, 4.69) is 25.4 Å². The van der Waals surface area contributed by atoms with Crippen LogP contribution in [0.5, 0.6) is 5.75 Å². The number of hydrogen-bond donors (Lipinski definition) is 2. The van der Waals surface area contributed by atoms with Gasteiger partial charge in [0.25, 0.3) is 11.8 Å². The minimum Gasteiger partial charge on any atom is -0.496 e. The van der Waals surface area contributed by atoms with E-state index in [1.807, 2.05) is 4.90 Å². The van der Waals surface area contributed by atoms with Gasteiger partial charge in [-0.15, -0.1) is 0 Å². The number of likely N-dealkylation sites (tertiary alicyclic amines) is 1.